The zero-order valence-corrected chi connectivity index (χ0v) is 13.6. The second-order valence-electron chi connectivity index (χ2n) is 7.28. The molecule has 3 atom stereocenters. The molecule has 0 amide bonds. The highest BCUT2D eigenvalue weighted by molar-refractivity contribution is 5.84. The summed E-state index contributed by atoms with van der Waals surface area (Å²) in [7, 11) is 0. The summed E-state index contributed by atoms with van der Waals surface area (Å²) < 4.78 is 0. The van der Waals surface area contributed by atoms with Crippen molar-refractivity contribution in [1.82, 2.24) is 10.2 Å². The highest BCUT2D eigenvalue weighted by Gasteiger charge is 2.59. The van der Waals surface area contributed by atoms with E-state index in [0.29, 0.717) is 6.04 Å². The van der Waals surface area contributed by atoms with Crippen LogP contribution >= 0.6 is 0 Å². The Kier molecular flexibility index (Phi) is 5.19. The number of carboxylic acid groups (broad SMARTS) is 1. The molecule has 2 fully saturated rings. The van der Waals surface area contributed by atoms with Crippen molar-refractivity contribution < 1.29 is 9.90 Å². The molecular weight excluding hydrogens is 276 g/mol. The summed E-state index contributed by atoms with van der Waals surface area (Å²) in [5, 5.41) is 13.0. The van der Waals surface area contributed by atoms with Crippen LogP contribution in [0.1, 0.15) is 57.8 Å². The van der Waals surface area contributed by atoms with Crippen molar-refractivity contribution in [2.45, 2.75) is 69.4 Å². The van der Waals surface area contributed by atoms with Crippen LogP contribution in [0, 0.1) is 5.92 Å². The van der Waals surface area contributed by atoms with Gasteiger partial charge < -0.3 is 5.11 Å². The van der Waals surface area contributed by atoms with Gasteiger partial charge in [-0.05, 0) is 51.6 Å². The first-order valence-corrected chi connectivity index (χ1v) is 9.11. The first-order valence-electron chi connectivity index (χ1n) is 9.11. The summed E-state index contributed by atoms with van der Waals surface area (Å²) >= 11 is 0. The third kappa shape index (κ3) is 3.54. The van der Waals surface area contributed by atoms with E-state index in [9.17, 15) is 9.90 Å². The van der Waals surface area contributed by atoms with Crippen LogP contribution in [0.4, 0.5) is 0 Å². The molecule has 0 aromatic heterocycles. The van der Waals surface area contributed by atoms with E-state index in [0.717, 1.165) is 19.4 Å². The van der Waals surface area contributed by atoms with E-state index >= 15 is 0 Å². The predicted molar refractivity (Wildman–Crippen MR) is 87.9 cm³/mol. The van der Waals surface area contributed by atoms with Crippen molar-refractivity contribution in [3.8, 4) is 0 Å². The van der Waals surface area contributed by atoms with Gasteiger partial charge in [0.15, 0.2) is 0 Å². The van der Waals surface area contributed by atoms with E-state index in [1.54, 1.807) is 0 Å². The minimum Gasteiger partial charge on any atom is -0.480 e. The molecule has 3 aliphatic rings. The number of nitrogens with one attached hydrogen (secondary N) is 1. The Bertz CT molecular complexity index is 423. The van der Waals surface area contributed by atoms with Crippen LogP contribution < -0.4 is 5.32 Å². The van der Waals surface area contributed by atoms with Crippen molar-refractivity contribution in [2.75, 3.05) is 19.6 Å². The van der Waals surface area contributed by atoms with Gasteiger partial charge in [0, 0.05) is 18.5 Å². The average Bonchev–Trinajstić information content (AvgIpc) is 3.04. The molecule has 1 saturated heterocycles. The van der Waals surface area contributed by atoms with Crippen molar-refractivity contribution in [2.24, 2.45) is 5.92 Å². The lowest BCUT2D eigenvalue weighted by atomic mass is 10.1. The van der Waals surface area contributed by atoms with Crippen LogP contribution in [-0.2, 0) is 4.79 Å². The van der Waals surface area contributed by atoms with Crippen LogP contribution in [-0.4, -0.2) is 47.2 Å². The van der Waals surface area contributed by atoms with E-state index in [4.69, 9.17) is 0 Å². The smallest absolute Gasteiger partial charge is 0.324 e. The van der Waals surface area contributed by atoms with Gasteiger partial charge >= 0.3 is 5.97 Å². The molecule has 4 heteroatoms. The SMILES string of the molecule is O=C(O)C12CC1C=CCCCCCCCN1CCCC1CN2. The van der Waals surface area contributed by atoms with E-state index in [2.05, 4.69) is 22.4 Å². The maximum Gasteiger partial charge on any atom is 0.324 e. The van der Waals surface area contributed by atoms with Crippen LogP contribution in [0.3, 0.4) is 0 Å². The zero-order chi connectivity index (χ0) is 15.4. The molecule has 2 N–H and O–H groups in total. The second kappa shape index (κ2) is 7.14. The van der Waals surface area contributed by atoms with Crippen LogP contribution in [0.5, 0.6) is 0 Å². The lowest BCUT2D eigenvalue weighted by molar-refractivity contribution is -0.141. The summed E-state index contributed by atoms with van der Waals surface area (Å²) in [6, 6.07) is 0.534. The minimum atomic E-state index is -0.676. The number of aliphatic carboxylic acids is 1. The number of carboxylic acids is 1. The lowest BCUT2D eigenvalue weighted by Gasteiger charge is -2.26. The Hall–Kier alpha value is -0.870. The lowest BCUT2D eigenvalue weighted by Crippen LogP contribution is -2.47. The Morgan fingerprint density at radius 2 is 1.91 bits per heavy atom. The largest absolute Gasteiger partial charge is 0.480 e. The number of carbonyl (C=O) groups is 1. The molecule has 0 aromatic carbocycles. The molecule has 2 heterocycles. The zero-order valence-electron chi connectivity index (χ0n) is 13.6. The van der Waals surface area contributed by atoms with Crippen molar-refractivity contribution in [3.63, 3.8) is 0 Å². The highest BCUT2D eigenvalue weighted by Crippen LogP contribution is 2.45. The van der Waals surface area contributed by atoms with E-state index in [-0.39, 0.29) is 5.92 Å². The molecular formula is C18H30N2O2. The molecule has 0 aromatic rings. The Morgan fingerprint density at radius 3 is 2.77 bits per heavy atom. The minimum absolute atomic E-state index is 0.185. The van der Waals surface area contributed by atoms with Gasteiger partial charge in [0.05, 0.1) is 0 Å². The number of nitrogens with zero attached hydrogens (tertiary/aromatic N) is 1. The molecule has 4 nitrogen and oxygen atoms in total. The third-order valence-corrected chi connectivity index (χ3v) is 5.73. The number of allylic oxidation sites excluding steroid dienone is 1. The van der Waals surface area contributed by atoms with Crippen molar-refractivity contribution in [1.29, 1.82) is 0 Å². The molecule has 0 radical (unpaired) electrons. The molecule has 2 aliphatic heterocycles. The summed E-state index contributed by atoms with van der Waals surface area (Å²) in [6.45, 7) is 3.21. The van der Waals surface area contributed by atoms with E-state index in [1.807, 2.05) is 0 Å². The summed E-state index contributed by atoms with van der Waals surface area (Å²) in [4.78, 5) is 14.3. The van der Waals surface area contributed by atoms with Gasteiger partial charge in [0.2, 0.25) is 0 Å². The molecule has 1 saturated carbocycles. The molecule has 0 bridgehead atoms. The summed E-state index contributed by atoms with van der Waals surface area (Å²) in [5.41, 5.74) is -0.676. The summed E-state index contributed by atoms with van der Waals surface area (Å²) in [5.74, 6) is -0.485. The van der Waals surface area contributed by atoms with Crippen molar-refractivity contribution >= 4 is 5.97 Å². The topological polar surface area (TPSA) is 52.6 Å². The fraction of sp³-hybridized carbons (Fsp3) is 0.833. The Morgan fingerprint density at radius 1 is 1.14 bits per heavy atom. The van der Waals surface area contributed by atoms with Crippen LogP contribution in [0.25, 0.3) is 0 Å². The van der Waals surface area contributed by atoms with Crippen LogP contribution in [0.15, 0.2) is 12.2 Å². The molecule has 3 unspecified atom stereocenters. The molecule has 22 heavy (non-hydrogen) atoms. The van der Waals surface area contributed by atoms with Gasteiger partial charge in [-0.1, -0.05) is 31.4 Å². The number of hydrogen-bond donors (Lipinski definition) is 2. The molecule has 0 spiro atoms. The first-order chi connectivity index (χ1) is 10.7. The van der Waals surface area contributed by atoms with Crippen LogP contribution in [0.2, 0.25) is 0 Å². The maximum absolute atomic E-state index is 11.7. The van der Waals surface area contributed by atoms with E-state index < -0.39 is 11.5 Å². The summed E-state index contributed by atoms with van der Waals surface area (Å²) in [6.07, 6.45) is 15.2. The molecule has 1 aliphatic carbocycles. The molecule has 124 valence electrons. The van der Waals surface area contributed by atoms with Gasteiger partial charge in [0.25, 0.3) is 0 Å². The van der Waals surface area contributed by atoms with Gasteiger partial charge in [0.1, 0.15) is 5.54 Å². The predicted octanol–water partition coefficient (Wildman–Crippen LogP) is 2.79. The highest BCUT2D eigenvalue weighted by atomic mass is 16.4. The monoisotopic (exact) mass is 306 g/mol. The van der Waals surface area contributed by atoms with Gasteiger partial charge in [-0.2, -0.15) is 0 Å². The molecule has 3 rings (SSSR count). The third-order valence-electron chi connectivity index (χ3n) is 5.73. The second-order valence-corrected chi connectivity index (χ2v) is 7.28. The van der Waals surface area contributed by atoms with Gasteiger partial charge in [-0.25, -0.2) is 0 Å². The fourth-order valence-corrected chi connectivity index (χ4v) is 4.13. The normalized spacial score (nSPS) is 37.6. The number of fused-ring (bicyclic) bond motifs is 2. The Balaban J connectivity index is 1.64. The fourth-order valence-electron chi connectivity index (χ4n) is 4.13. The average molecular weight is 306 g/mol. The van der Waals surface area contributed by atoms with E-state index in [1.165, 1.54) is 58.0 Å². The van der Waals surface area contributed by atoms with Gasteiger partial charge in [-0.15, -0.1) is 0 Å². The standard InChI is InChI=1S/C18H30N2O2/c21-17(22)18-13-15(18)9-6-4-2-1-3-5-7-11-20-12-8-10-16(20)14-19-18/h6,9,15-16,19H,1-5,7-8,10-14H2,(H,21,22). The number of hydrogen-bond acceptors (Lipinski definition) is 3. The Labute approximate surface area is 134 Å². The maximum atomic E-state index is 11.7. The first kappa shape index (κ1) is 16.0. The van der Waals surface area contributed by atoms with Crippen molar-refractivity contribution in [3.05, 3.63) is 12.2 Å². The van der Waals surface area contributed by atoms with Gasteiger partial charge in [-0.3, -0.25) is 15.0 Å². The number of rotatable bonds is 1. The quantitative estimate of drug-likeness (QED) is 0.732.